The van der Waals surface area contributed by atoms with Crippen molar-refractivity contribution in [2.24, 2.45) is 17.8 Å². The Morgan fingerprint density at radius 3 is 2.53 bits per heavy atom. The average Bonchev–Trinajstić information content (AvgIpc) is 3.15. The van der Waals surface area contributed by atoms with Crippen molar-refractivity contribution in [1.82, 2.24) is 10.2 Å². The minimum absolute atomic E-state index is 0.789. The fourth-order valence-electron chi connectivity index (χ4n) is 4.32. The van der Waals surface area contributed by atoms with E-state index in [1.54, 1.807) is 0 Å². The van der Waals surface area contributed by atoms with Crippen LogP contribution in [0.2, 0.25) is 0 Å². The maximum absolute atomic E-state index is 3.88. The Kier molecular flexibility index (Phi) is 4.48. The summed E-state index contributed by atoms with van der Waals surface area (Å²) in [6.45, 7) is 8.72. The Labute approximate surface area is 119 Å². The first kappa shape index (κ1) is 13.9. The van der Waals surface area contributed by atoms with Crippen LogP contribution in [0.15, 0.2) is 0 Å². The third-order valence-corrected chi connectivity index (χ3v) is 6.00. The fourth-order valence-corrected chi connectivity index (χ4v) is 4.32. The maximum atomic E-state index is 3.88. The average molecular weight is 264 g/mol. The fraction of sp³-hybridized carbons (Fsp3) is 1.00. The zero-order chi connectivity index (χ0) is 13.2. The Morgan fingerprint density at radius 1 is 1.16 bits per heavy atom. The van der Waals surface area contributed by atoms with E-state index in [0.717, 1.165) is 29.8 Å². The molecule has 110 valence electrons. The summed E-state index contributed by atoms with van der Waals surface area (Å²) >= 11 is 0. The molecule has 0 radical (unpaired) electrons. The molecule has 0 aromatic rings. The first-order chi connectivity index (χ1) is 9.28. The van der Waals surface area contributed by atoms with Crippen molar-refractivity contribution in [3.8, 4) is 0 Å². The highest BCUT2D eigenvalue weighted by molar-refractivity contribution is 4.93. The van der Waals surface area contributed by atoms with E-state index in [9.17, 15) is 0 Å². The molecule has 4 unspecified atom stereocenters. The van der Waals surface area contributed by atoms with Crippen LogP contribution in [0.4, 0.5) is 0 Å². The van der Waals surface area contributed by atoms with Crippen molar-refractivity contribution in [3.05, 3.63) is 0 Å². The zero-order valence-corrected chi connectivity index (χ0v) is 12.9. The van der Waals surface area contributed by atoms with Gasteiger partial charge in [-0.2, -0.15) is 0 Å². The molecule has 4 atom stereocenters. The second kappa shape index (κ2) is 6.13. The number of rotatable bonds is 4. The maximum Gasteiger partial charge on any atom is 0.0224 e. The van der Waals surface area contributed by atoms with E-state index in [2.05, 4.69) is 24.1 Å². The van der Waals surface area contributed by atoms with E-state index in [1.165, 1.54) is 64.6 Å². The van der Waals surface area contributed by atoms with Gasteiger partial charge in [0.05, 0.1) is 0 Å². The van der Waals surface area contributed by atoms with Crippen LogP contribution >= 0.6 is 0 Å². The van der Waals surface area contributed by atoms with Gasteiger partial charge in [-0.3, -0.25) is 4.90 Å². The van der Waals surface area contributed by atoms with Crippen LogP contribution in [0.1, 0.15) is 58.8 Å². The number of nitrogens with one attached hydrogen (secondary N) is 1. The van der Waals surface area contributed by atoms with E-state index in [-0.39, 0.29) is 0 Å². The van der Waals surface area contributed by atoms with Gasteiger partial charge in [-0.25, -0.2) is 0 Å². The van der Waals surface area contributed by atoms with Gasteiger partial charge in [0.2, 0.25) is 0 Å². The van der Waals surface area contributed by atoms with Crippen molar-refractivity contribution < 1.29 is 0 Å². The lowest BCUT2D eigenvalue weighted by Crippen LogP contribution is -2.59. The van der Waals surface area contributed by atoms with Crippen LogP contribution < -0.4 is 5.32 Å². The van der Waals surface area contributed by atoms with E-state index < -0.39 is 0 Å². The van der Waals surface area contributed by atoms with Crippen LogP contribution in [0.25, 0.3) is 0 Å². The molecule has 2 saturated carbocycles. The molecule has 1 aliphatic heterocycles. The summed E-state index contributed by atoms with van der Waals surface area (Å²) in [6.07, 6.45) is 10.2. The molecule has 3 rings (SSSR count). The van der Waals surface area contributed by atoms with Gasteiger partial charge in [0.1, 0.15) is 0 Å². The molecule has 19 heavy (non-hydrogen) atoms. The Bertz CT molecular complexity index is 285. The number of nitrogens with zero attached hydrogens (tertiary/aromatic N) is 1. The number of hydrogen-bond acceptors (Lipinski definition) is 2. The molecular weight excluding hydrogens is 232 g/mol. The van der Waals surface area contributed by atoms with Gasteiger partial charge in [-0.1, -0.05) is 33.1 Å². The summed E-state index contributed by atoms with van der Waals surface area (Å²) in [5.74, 6) is 2.98. The molecule has 1 N–H and O–H groups in total. The molecule has 1 saturated heterocycles. The van der Waals surface area contributed by atoms with Crippen molar-refractivity contribution in [1.29, 1.82) is 0 Å². The molecule has 2 aliphatic carbocycles. The van der Waals surface area contributed by atoms with Crippen LogP contribution in [-0.2, 0) is 0 Å². The Hall–Kier alpha value is -0.0800. The van der Waals surface area contributed by atoms with Crippen LogP contribution in [-0.4, -0.2) is 36.6 Å². The summed E-state index contributed by atoms with van der Waals surface area (Å²) in [5, 5.41) is 3.88. The van der Waals surface area contributed by atoms with E-state index in [0.29, 0.717) is 0 Å². The van der Waals surface area contributed by atoms with E-state index in [4.69, 9.17) is 0 Å². The summed E-state index contributed by atoms with van der Waals surface area (Å²) in [7, 11) is 0. The third-order valence-electron chi connectivity index (χ3n) is 6.00. The predicted octanol–water partition coefficient (Wildman–Crippen LogP) is 3.28. The van der Waals surface area contributed by atoms with Crippen LogP contribution in [0, 0.1) is 17.8 Å². The molecule has 0 spiro atoms. The molecule has 3 aliphatic rings. The summed E-state index contributed by atoms with van der Waals surface area (Å²) in [4.78, 5) is 2.84. The van der Waals surface area contributed by atoms with Crippen molar-refractivity contribution in [2.45, 2.75) is 70.9 Å². The predicted molar refractivity (Wildman–Crippen MR) is 81.3 cm³/mol. The number of piperazine rings is 1. The molecular formula is C17H32N2. The molecule has 0 aromatic heterocycles. The van der Waals surface area contributed by atoms with Crippen molar-refractivity contribution in [2.75, 3.05) is 19.6 Å². The summed E-state index contributed by atoms with van der Waals surface area (Å²) in [6, 6.07) is 1.59. The van der Waals surface area contributed by atoms with Gasteiger partial charge >= 0.3 is 0 Å². The highest BCUT2D eigenvalue weighted by atomic mass is 15.2. The molecule has 2 heteroatoms. The third kappa shape index (κ3) is 3.33. The quantitative estimate of drug-likeness (QED) is 0.838. The highest BCUT2D eigenvalue weighted by Gasteiger charge is 2.38. The lowest BCUT2D eigenvalue weighted by atomic mass is 9.82. The normalized spacial score (nSPS) is 41.4. The van der Waals surface area contributed by atoms with Crippen LogP contribution in [0.3, 0.4) is 0 Å². The summed E-state index contributed by atoms with van der Waals surface area (Å²) in [5.41, 5.74) is 0. The van der Waals surface area contributed by atoms with Crippen molar-refractivity contribution >= 4 is 0 Å². The monoisotopic (exact) mass is 264 g/mol. The molecule has 1 heterocycles. The van der Waals surface area contributed by atoms with Gasteiger partial charge in [-0.05, 0) is 43.4 Å². The van der Waals surface area contributed by atoms with Gasteiger partial charge < -0.3 is 5.32 Å². The standard InChI is InChI=1S/C17H32N2/c1-3-16-10-18-17(14-7-5-4-6-8-14)12-19(16)11-15-9-13(15)2/h13-18H,3-12H2,1-2H3. The largest absolute Gasteiger partial charge is 0.311 e. The minimum Gasteiger partial charge on any atom is -0.311 e. The topological polar surface area (TPSA) is 15.3 Å². The zero-order valence-electron chi connectivity index (χ0n) is 12.9. The van der Waals surface area contributed by atoms with E-state index in [1.807, 2.05) is 0 Å². The second-order valence-electron chi connectivity index (χ2n) is 7.40. The molecule has 0 amide bonds. The Balaban J connectivity index is 1.56. The van der Waals surface area contributed by atoms with Gasteiger partial charge in [0.15, 0.2) is 0 Å². The highest BCUT2D eigenvalue weighted by Crippen LogP contribution is 2.39. The van der Waals surface area contributed by atoms with E-state index >= 15 is 0 Å². The lowest BCUT2D eigenvalue weighted by molar-refractivity contribution is 0.0883. The van der Waals surface area contributed by atoms with Gasteiger partial charge in [0, 0.05) is 31.7 Å². The summed E-state index contributed by atoms with van der Waals surface area (Å²) < 4.78 is 0. The van der Waals surface area contributed by atoms with Gasteiger partial charge in [0.25, 0.3) is 0 Å². The van der Waals surface area contributed by atoms with Gasteiger partial charge in [-0.15, -0.1) is 0 Å². The smallest absolute Gasteiger partial charge is 0.0224 e. The SMILES string of the molecule is CCC1CNC(C2CCCCC2)CN1CC1CC1C. The first-order valence-corrected chi connectivity index (χ1v) is 8.75. The Morgan fingerprint density at radius 2 is 1.89 bits per heavy atom. The second-order valence-corrected chi connectivity index (χ2v) is 7.40. The molecule has 3 fully saturated rings. The molecule has 0 bridgehead atoms. The number of hydrogen-bond donors (Lipinski definition) is 1. The van der Waals surface area contributed by atoms with Crippen LogP contribution in [0.5, 0.6) is 0 Å². The molecule has 0 aromatic carbocycles. The minimum atomic E-state index is 0.789. The first-order valence-electron chi connectivity index (χ1n) is 8.75. The molecule has 2 nitrogen and oxygen atoms in total. The van der Waals surface area contributed by atoms with Crippen molar-refractivity contribution in [3.63, 3.8) is 0 Å². The lowest BCUT2D eigenvalue weighted by Gasteiger charge is -2.44.